The Morgan fingerprint density at radius 1 is 1.38 bits per heavy atom. The fraction of sp³-hybridized carbons (Fsp3) is 0.333. The predicted octanol–water partition coefficient (Wildman–Crippen LogP) is 2.59. The number of aliphatic hydroxyl groups is 1. The molecule has 0 heterocycles. The molecule has 0 aliphatic rings. The summed E-state index contributed by atoms with van der Waals surface area (Å²) in [4.78, 5) is 0. The van der Waals surface area contributed by atoms with E-state index in [2.05, 4.69) is 31.9 Å². The van der Waals surface area contributed by atoms with Gasteiger partial charge in [0.2, 0.25) is 0 Å². The molecule has 0 spiro atoms. The van der Waals surface area contributed by atoms with Gasteiger partial charge in [0, 0.05) is 8.95 Å². The molecular weight excluding hydrogens is 298 g/mol. The number of aliphatic hydroxyl groups excluding tert-OH is 1. The van der Waals surface area contributed by atoms with Crippen molar-refractivity contribution >= 4 is 31.9 Å². The third-order valence-electron chi connectivity index (χ3n) is 1.84. The first-order valence-corrected chi connectivity index (χ1v) is 5.49. The zero-order valence-electron chi connectivity index (χ0n) is 7.17. The zero-order valence-corrected chi connectivity index (χ0v) is 10.3. The van der Waals surface area contributed by atoms with Crippen molar-refractivity contribution in [1.82, 2.24) is 0 Å². The quantitative estimate of drug-likeness (QED) is 0.882. The largest absolute Gasteiger partial charge is 0.391 e. The summed E-state index contributed by atoms with van der Waals surface area (Å²) < 4.78 is 1.88. The Kier molecular flexibility index (Phi) is 3.91. The first kappa shape index (κ1) is 11.2. The average Bonchev–Trinajstić information content (AvgIpc) is 2.08. The zero-order chi connectivity index (χ0) is 10.0. The minimum atomic E-state index is -0.550. The Balaban J connectivity index is 3.05. The van der Waals surface area contributed by atoms with Crippen LogP contribution < -0.4 is 5.73 Å². The van der Waals surface area contributed by atoms with Gasteiger partial charge in [-0.3, -0.25) is 0 Å². The third-order valence-corrected chi connectivity index (χ3v) is 3.05. The lowest BCUT2D eigenvalue weighted by Crippen LogP contribution is -2.23. The van der Waals surface area contributed by atoms with Gasteiger partial charge in [0.05, 0.1) is 12.1 Å². The van der Waals surface area contributed by atoms with Crippen LogP contribution in [0.4, 0.5) is 0 Å². The molecule has 0 aromatic heterocycles. The van der Waals surface area contributed by atoms with Gasteiger partial charge in [-0.25, -0.2) is 0 Å². The summed E-state index contributed by atoms with van der Waals surface area (Å²) in [6.07, 6.45) is -0.550. The van der Waals surface area contributed by atoms with E-state index in [0.29, 0.717) is 0 Å². The van der Waals surface area contributed by atoms with E-state index in [-0.39, 0.29) is 6.04 Å². The number of rotatable bonds is 2. The van der Waals surface area contributed by atoms with E-state index in [9.17, 15) is 5.11 Å². The van der Waals surface area contributed by atoms with Crippen LogP contribution in [0.15, 0.2) is 27.1 Å². The van der Waals surface area contributed by atoms with E-state index in [1.165, 1.54) is 0 Å². The smallest absolute Gasteiger partial charge is 0.0705 e. The first-order chi connectivity index (χ1) is 6.02. The lowest BCUT2D eigenvalue weighted by molar-refractivity contribution is 0.164. The van der Waals surface area contributed by atoms with Crippen molar-refractivity contribution in [3.63, 3.8) is 0 Å². The molecule has 0 aliphatic heterocycles. The highest BCUT2D eigenvalue weighted by atomic mass is 79.9. The Bertz CT molecular complexity index is 302. The summed E-state index contributed by atoms with van der Waals surface area (Å²) >= 11 is 6.74. The van der Waals surface area contributed by atoms with Gasteiger partial charge < -0.3 is 10.8 Å². The molecule has 72 valence electrons. The minimum Gasteiger partial charge on any atom is -0.391 e. The van der Waals surface area contributed by atoms with E-state index in [4.69, 9.17) is 5.73 Å². The summed E-state index contributed by atoms with van der Waals surface area (Å²) in [5.41, 5.74) is 6.71. The van der Waals surface area contributed by atoms with Crippen LogP contribution in [0.1, 0.15) is 18.5 Å². The lowest BCUT2D eigenvalue weighted by atomic mass is 10.0. The molecule has 1 aromatic rings. The van der Waals surface area contributed by atoms with Crippen LogP contribution in [0, 0.1) is 0 Å². The third kappa shape index (κ3) is 2.77. The van der Waals surface area contributed by atoms with Crippen molar-refractivity contribution in [1.29, 1.82) is 0 Å². The molecule has 0 aliphatic carbocycles. The second kappa shape index (κ2) is 4.55. The second-order valence-electron chi connectivity index (χ2n) is 2.93. The normalized spacial score (nSPS) is 15.5. The van der Waals surface area contributed by atoms with Gasteiger partial charge in [0.25, 0.3) is 0 Å². The molecule has 1 rings (SSSR count). The Labute approximate surface area is 94.4 Å². The van der Waals surface area contributed by atoms with E-state index in [1.807, 2.05) is 18.2 Å². The van der Waals surface area contributed by atoms with E-state index in [1.54, 1.807) is 6.92 Å². The maximum Gasteiger partial charge on any atom is 0.0705 e. The van der Waals surface area contributed by atoms with Gasteiger partial charge in [0.15, 0.2) is 0 Å². The van der Waals surface area contributed by atoms with E-state index < -0.39 is 6.10 Å². The number of halogens is 2. The summed E-state index contributed by atoms with van der Waals surface area (Å²) in [6.45, 7) is 1.68. The maximum absolute atomic E-state index is 9.33. The van der Waals surface area contributed by atoms with Crippen LogP contribution in [0.3, 0.4) is 0 Å². The van der Waals surface area contributed by atoms with Crippen LogP contribution in [0.2, 0.25) is 0 Å². The summed E-state index contributed by atoms with van der Waals surface area (Å²) in [5.74, 6) is 0. The molecule has 13 heavy (non-hydrogen) atoms. The van der Waals surface area contributed by atoms with Crippen molar-refractivity contribution in [2.24, 2.45) is 5.73 Å². The van der Waals surface area contributed by atoms with Crippen LogP contribution in [0.5, 0.6) is 0 Å². The molecule has 0 radical (unpaired) electrons. The average molecular weight is 309 g/mol. The van der Waals surface area contributed by atoms with E-state index in [0.717, 1.165) is 14.5 Å². The molecule has 0 unspecified atom stereocenters. The molecule has 0 bridgehead atoms. The fourth-order valence-corrected chi connectivity index (χ4v) is 1.92. The van der Waals surface area contributed by atoms with Crippen molar-refractivity contribution in [2.75, 3.05) is 0 Å². The van der Waals surface area contributed by atoms with Gasteiger partial charge in [-0.15, -0.1) is 0 Å². The Morgan fingerprint density at radius 2 is 2.00 bits per heavy atom. The van der Waals surface area contributed by atoms with Crippen molar-refractivity contribution in [3.05, 3.63) is 32.7 Å². The van der Waals surface area contributed by atoms with Crippen LogP contribution in [-0.4, -0.2) is 11.2 Å². The number of hydrogen-bond donors (Lipinski definition) is 2. The molecule has 0 saturated carbocycles. The lowest BCUT2D eigenvalue weighted by Gasteiger charge is -2.16. The molecule has 3 N–H and O–H groups in total. The van der Waals surface area contributed by atoms with Crippen LogP contribution >= 0.6 is 31.9 Å². The van der Waals surface area contributed by atoms with Crippen LogP contribution in [-0.2, 0) is 0 Å². The maximum atomic E-state index is 9.33. The molecule has 0 fully saturated rings. The molecule has 2 atom stereocenters. The van der Waals surface area contributed by atoms with Gasteiger partial charge >= 0.3 is 0 Å². The van der Waals surface area contributed by atoms with Crippen molar-refractivity contribution in [2.45, 2.75) is 19.1 Å². The predicted molar refractivity (Wildman–Crippen MR) is 60.5 cm³/mol. The molecule has 1 aromatic carbocycles. The first-order valence-electron chi connectivity index (χ1n) is 3.91. The van der Waals surface area contributed by atoms with Crippen molar-refractivity contribution in [3.8, 4) is 0 Å². The van der Waals surface area contributed by atoms with Crippen LogP contribution in [0.25, 0.3) is 0 Å². The SMILES string of the molecule is C[C@@H](O)[C@@H](N)c1cc(Br)ccc1Br. The number of hydrogen-bond acceptors (Lipinski definition) is 2. The molecule has 2 nitrogen and oxygen atoms in total. The number of benzene rings is 1. The standard InChI is InChI=1S/C9H11Br2NO/c1-5(13)9(12)7-4-6(10)2-3-8(7)11/h2-5,9,13H,12H2,1H3/t5-,9-/m1/s1. The summed E-state index contributed by atoms with van der Waals surface area (Å²) in [5, 5.41) is 9.33. The highest BCUT2D eigenvalue weighted by Gasteiger charge is 2.14. The van der Waals surface area contributed by atoms with Gasteiger partial charge in [0.1, 0.15) is 0 Å². The number of nitrogens with two attached hydrogens (primary N) is 1. The molecular formula is C9H11Br2NO. The van der Waals surface area contributed by atoms with Crippen molar-refractivity contribution < 1.29 is 5.11 Å². The molecule has 0 saturated heterocycles. The van der Waals surface area contributed by atoms with Gasteiger partial charge in [-0.05, 0) is 30.7 Å². The fourth-order valence-electron chi connectivity index (χ4n) is 1.03. The Morgan fingerprint density at radius 3 is 2.54 bits per heavy atom. The second-order valence-corrected chi connectivity index (χ2v) is 4.70. The van der Waals surface area contributed by atoms with Gasteiger partial charge in [-0.1, -0.05) is 31.9 Å². The summed E-state index contributed by atoms with van der Waals surface area (Å²) in [7, 11) is 0. The Hall–Kier alpha value is 0.1000. The minimum absolute atomic E-state index is 0.355. The highest BCUT2D eigenvalue weighted by molar-refractivity contribution is 9.11. The van der Waals surface area contributed by atoms with Gasteiger partial charge in [-0.2, -0.15) is 0 Å². The highest BCUT2D eigenvalue weighted by Crippen LogP contribution is 2.27. The van der Waals surface area contributed by atoms with E-state index >= 15 is 0 Å². The monoisotopic (exact) mass is 307 g/mol. The molecule has 0 amide bonds. The topological polar surface area (TPSA) is 46.2 Å². The summed E-state index contributed by atoms with van der Waals surface area (Å²) in [6, 6.07) is 5.37. The molecule has 4 heteroatoms.